The lowest BCUT2D eigenvalue weighted by Crippen LogP contribution is -2.24. The Balaban J connectivity index is 1.53. The summed E-state index contributed by atoms with van der Waals surface area (Å²) in [5.41, 5.74) is 4.07. The van der Waals surface area contributed by atoms with Crippen molar-refractivity contribution in [2.45, 2.75) is 6.61 Å². The highest BCUT2D eigenvalue weighted by molar-refractivity contribution is 6.42. The molecule has 0 bridgehead atoms. The number of nitrogens with one attached hydrogen (secondary N) is 1. The number of methoxy groups -OCH3 is 1. The van der Waals surface area contributed by atoms with Crippen molar-refractivity contribution in [1.29, 1.82) is 0 Å². The van der Waals surface area contributed by atoms with Crippen LogP contribution in [-0.2, 0) is 11.4 Å². The van der Waals surface area contributed by atoms with E-state index in [1.54, 1.807) is 55.6 Å². The Morgan fingerprint density at radius 3 is 2.50 bits per heavy atom. The van der Waals surface area contributed by atoms with Crippen molar-refractivity contribution in [3.8, 4) is 17.2 Å². The van der Waals surface area contributed by atoms with Gasteiger partial charge in [-0.05, 0) is 53.6 Å². The molecule has 0 saturated heterocycles. The van der Waals surface area contributed by atoms with Crippen LogP contribution in [0.2, 0.25) is 15.1 Å². The molecule has 0 saturated carbocycles. The van der Waals surface area contributed by atoms with Crippen molar-refractivity contribution in [3.63, 3.8) is 0 Å². The molecule has 0 spiro atoms. The number of halogens is 3. The first-order valence-corrected chi connectivity index (χ1v) is 10.5. The molecule has 1 amide bonds. The van der Waals surface area contributed by atoms with Crippen molar-refractivity contribution in [2.75, 3.05) is 13.7 Å². The molecule has 3 aromatic carbocycles. The summed E-state index contributed by atoms with van der Waals surface area (Å²) >= 11 is 17.8. The fourth-order valence-electron chi connectivity index (χ4n) is 2.58. The lowest BCUT2D eigenvalue weighted by Gasteiger charge is -2.11. The number of hydrogen-bond acceptors (Lipinski definition) is 5. The summed E-state index contributed by atoms with van der Waals surface area (Å²) in [7, 11) is 1.55. The maximum Gasteiger partial charge on any atom is 0.277 e. The van der Waals surface area contributed by atoms with Crippen LogP contribution >= 0.6 is 34.8 Å². The molecular weight excluding hydrogens is 475 g/mol. The Labute approximate surface area is 200 Å². The van der Waals surface area contributed by atoms with Crippen molar-refractivity contribution < 1.29 is 19.0 Å². The molecule has 0 radical (unpaired) electrons. The number of rotatable bonds is 9. The molecule has 0 atom stereocenters. The molecule has 3 rings (SSSR count). The van der Waals surface area contributed by atoms with Crippen molar-refractivity contribution in [3.05, 3.63) is 86.9 Å². The summed E-state index contributed by atoms with van der Waals surface area (Å²) in [5.74, 6) is 0.980. The van der Waals surface area contributed by atoms with Gasteiger partial charge in [0.2, 0.25) is 0 Å². The first-order chi connectivity index (χ1) is 15.5. The molecular formula is C23H19Cl3N2O4. The lowest BCUT2D eigenvalue weighted by molar-refractivity contribution is -0.123. The molecule has 0 unspecified atom stereocenters. The van der Waals surface area contributed by atoms with E-state index < -0.39 is 5.91 Å². The Morgan fingerprint density at radius 1 is 0.969 bits per heavy atom. The van der Waals surface area contributed by atoms with E-state index in [2.05, 4.69) is 10.5 Å². The SMILES string of the molecule is COc1cc(C=NNC(=O)COc2cccc(Cl)c2Cl)ccc1OCc1ccc(Cl)cc1. The van der Waals surface area contributed by atoms with Crippen LogP contribution in [0.25, 0.3) is 0 Å². The van der Waals surface area contributed by atoms with Gasteiger partial charge in [-0.1, -0.05) is 53.0 Å². The zero-order chi connectivity index (χ0) is 22.9. The minimum Gasteiger partial charge on any atom is -0.493 e. The fourth-order valence-corrected chi connectivity index (χ4v) is 3.05. The van der Waals surface area contributed by atoms with Crippen LogP contribution in [0, 0.1) is 0 Å². The predicted molar refractivity (Wildman–Crippen MR) is 126 cm³/mol. The number of amides is 1. The monoisotopic (exact) mass is 492 g/mol. The van der Waals surface area contributed by atoms with Crippen LogP contribution in [0.5, 0.6) is 17.2 Å². The Morgan fingerprint density at radius 2 is 1.75 bits per heavy atom. The summed E-state index contributed by atoms with van der Waals surface area (Å²) in [6.07, 6.45) is 1.48. The van der Waals surface area contributed by atoms with E-state index in [1.807, 2.05) is 12.1 Å². The summed E-state index contributed by atoms with van der Waals surface area (Å²) < 4.78 is 16.6. The maximum absolute atomic E-state index is 11.9. The minimum absolute atomic E-state index is 0.246. The molecule has 0 heterocycles. The van der Waals surface area contributed by atoms with E-state index in [9.17, 15) is 4.79 Å². The van der Waals surface area contributed by atoms with Gasteiger partial charge < -0.3 is 14.2 Å². The van der Waals surface area contributed by atoms with Gasteiger partial charge in [-0.15, -0.1) is 0 Å². The zero-order valence-corrected chi connectivity index (χ0v) is 19.2. The van der Waals surface area contributed by atoms with Gasteiger partial charge in [0.1, 0.15) is 17.4 Å². The molecule has 1 N–H and O–H groups in total. The van der Waals surface area contributed by atoms with Gasteiger partial charge in [-0.2, -0.15) is 5.10 Å². The number of ether oxygens (including phenoxy) is 3. The normalized spacial score (nSPS) is 10.8. The van der Waals surface area contributed by atoms with E-state index in [1.165, 1.54) is 6.21 Å². The lowest BCUT2D eigenvalue weighted by atomic mass is 10.2. The largest absolute Gasteiger partial charge is 0.493 e. The average Bonchev–Trinajstić information content (AvgIpc) is 2.80. The highest BCUT2D eigenvalue weighted by atomic mass is 35.5. The second-order valence-electron chi connectivity index (χ2n) is 6.46. The molecule has 0 aromatic heterocycles. The Bertz CT molecular complexity index is 1100. The number of hydrogen-bond donors (Lipinski definition) is 1. The number of nitrogens with zero attached hydrogens (tertiary/aromatic N) is 1. The molecule has 0 aliphatic rings. The highest BCUT2D eigenvalue weighted by Gasteiger charge is 2.08. The quantitative estimate of drug-likeness (QED) is 0.304. The third kappa shape index (κ3) is 6.79. The van der Waals surface area contributed by atoms with Gasteiger partial charge in [-0.25, -0.2) is 5.43 Å². The van der Waals surface area contributed by atoms with Crippen LogP contribution in [0.15, 0.2) is 65.8 Å². The molecule has 0 aliphatic carbocycles. The standard InChI is InChI=1S/C23H19Cl3N2O4/c1-30-21-11-16(7-10-19(21)31-13-15-5-8-17(24)9-6-15)12-27-28-22(29)14-32-20-4-2-3-18(25)23(20)26/h2-12H,13-14H2,1H3,(H,28,29). The van der Waals surface area contributed by atoms with Gasteiger partial charge in [0.05, 0.1) is 18.3 Å². The van der Waals surface area contributed by atoms with Crippen LogP contribution in [0.1, 0.15) is 11.1 Å². The first-order valence-electron chi connectivity index (χ1n) is 9.40. The number of hydrazone groups is 1. The summed E-state index contributed by atoms with van der Waals surface area (Å²) in [6, 6.07) is 17.6. The van der Waals surface area contributed by atoms with Gasteiger partial charge in [0, 0.05) is 5.02 Å². The topological polar surface area (TPSA) is 69.2 Å². The van der Waals surface area contributed by atoms with Crippen LogP contribution < -0.4 is 19.6 Å². The van der Waals surface area contributed by atoms with Crippen LogP contribution in [0.4, 0.5) is 0 Å². The number of carbonyl (C=O) groups excluding carboxylic acids is 1. The Hall–Kier alpha value is -2.93. The third-order valence-electron chi connectivity index (χ3n) is 4.17. The van der Waals surface area contributed by atoms with E-state index in [0.717, 1.165) is 5.56 Å². The molecule has 3 aromatic rings. The molecule has 32 heavy (non-hydrogen) atoms. The summed E-state index contributed by atoms with van der Waals surface area (Å²) in [6.45, 7) is 0.103. The van der Waals surface area contributed by atoms with Crippen molar-refractivity contribution in [1.82, 2.24) is 5.43 Å². The molecule has 6 nitrogen and oxygen atoms in total. The van der Waals surface area contributed by atoms with E-state index in [0.29, 0.717) is 39.5 Å². The van der Waals surface area contributed by atoms with Gasteiger partial charge >= 0.3 is 0 Å². The second-order valence-corrected chi connectivity index (χ2v) is 7.68. The van der Waals surface area contributed by atoms with E-state index >= 15 is 0 Å². The maximum atomic E-state index is 11.9. The molecule has 0 aliphatic heterocycles. The second kappa shape index (κ2) is 11.6. The zero-order valence-electron chi connectivity index (χ0n) is 17.0. The van der Waals surface area contributed by atoms with Gasteiger partial charge in [-0.3, -0.25) is 4.79 Å². The van der Waals surface area contributed by atoms with Crippen LogP contribution in [-0.4, -0.2) is 25.8 Å². The molecule has 9 heteroatoms. The first kappa shape index (κ1) is 23.7. The van der Waals surface area contributed by atoms with Gasteiger partial charge in [0.15, 0.2) is 18.1 Å². The molecule has 0 fully saturated rings. The van der Waals surface area contributed by atoms with Crippen molar-refractivity contribution in [2.24, 2.45) is 5.10 Å². The smallest absolute Gasteiger partial charge is 0.277 e. The van der Waals surface area contributed by atoms with E-state index in [-0.39, 0.29) is 11.6 Å². The third-order valence-corrected chi connectivity index (χ3v) is 5.23. The molecule has 166 valence electrons. The summed E-state index contributed by atoms with van der Waals surface area (Å²) in [4.78, 5) is 11.9. The average molecular weight is 494 g/mol. The predicted octanol–water partition coefficient (Wildman–Crippen LogP) is 5.76. The van der Waals surface area contributed by atoms with Crippen LogP contribution in [0.3, 0.4) is 0 Å². The Kier molecular flexibility index (Phi) is 8.62. The summed E-state index contributed by atoms with van der Waals surface area (Å²) in [5, 5.41) is 5.19. The van der Waals surface area contributed by atoms with E-state index in [4.69, 9.17) is 49.0 Å². The van der Waals surface area contributed by atoms with Gasteiger partial charge in [0.25, 0.3) is 5.91 Å². The number of carbonyl (C=O) groups is 1. The highest BCUT2D eigenvalue weighted by Crippen LogP contribution is 2.31. The minimum atomic E-state index is -0.452. The number of benzene rings is 3. The fraction of sp³-hybridized carbons (Fsp3) is 0.130. The van der Waals surface area contributed by atoms with Crippen molar-refractivity contribution >= 4 is 46.9 Å².